The first kappa shape index (κ1) is 15.6. The number of pyridine rings is 1. The van der Waals surface area contributed by atoms with Gasteiger partial charge in [0.15, 0.2) is 5.82 Å². The molecule has 0 fully saturated rings. The fourth-order valence-electron chi connectivity index (χ4n) is 2.60. The largest absolute Gasteiger partial charge is 0.320 e. The van der Waals surface area contributed by atoms with Gasteiger partial charge in [-0.25, -0.2) is 9.97 Å². The van der Waals surface area contributed by atoms with E-state index in [0.717, 1.165) is 53.4 Å². The van der Waals surface area contributed by atoms with Gasteiger partial charge in [0.25, 0.3) is 0 Å². The summed E-state index contributed by atoms with van der Waals surface area (Å²) < 4.78 is 0. The molecule has 2 rings (SSSR count). The van der Waals surface area contributed by atoms with Crippen LogP contribution < -0.4 is 5.32 Å². The zero-order valence-corrected chi connectivity index (χ0v) is 13.6. The summed E-state index contributed by atoms with van der Waals surface area (Å²) in [5, 5.41) is 3.18. The number of hydrogen-bond acceptors (Lipinski definition) is 4. The Morgan fingerprint density at radius 3 is 2.29 bits per heavy atom. The molecule has 0 aliphatic rings. The normalized spacial score (nSPS) is 10.9. The molecule has 0 amide bonds. The van der Waals surface area contributed by atoms with E-state index in [2.05, 4.69) is 47.1 Å². The Morgan fingerprint density at radius 2 is 1.71 bits per heavy atom. The van der Waals surface area contributed by atoms with Gasteiger partial charge in [-0.3, -0.25) is 4.98 Å². The van der Waals surface area contributed by atoms with E-state index in [0.29, 0.717) is 0 Å². The highest BCUT2D eigenvalue weighted by molar-refractivity contribution is 5.55. The lowest BCUT2D eigenvalue weighted by Crippen LogP contribution is -2.10. The maximum atomic E-state index is 4.68. The number of aromatic nitrogens is 3. The van der Waals surface area contributed by atoms with Gasteiger partial charge >= 0.3 is 0 Å². The molecule has 0 atom stereocenters. The van der Waals surface area contributed by atoms with Gasteiger partial charge in [0, 0.05) is 17.6 Å². The van der Waals surface area contributed by atoms with Gasteiger partial charge < -0.3 is 5.32 Å². The van der Waals surface area contributed by atoms with E-state index in [9.17, 15) is 0 Å². The number of rotatable bonds is 5. The molecule has 0 aliphatic heterocycles. The highest BCUT2D eigenvalue weighted by atomic mass is 14.9. The molecular weight excluding hydrogens is 260 g/mol. The van der Waals surface area contributed by atoms with E-state index in [1.54, 1.807) is 0 Å². The maximum Gasteiger partial charge on any atom is 0.178 e. The van der Waals surface area contributed by atoms with E-state index < -0.39 is 0 Å². The van der Waals surface area contributed by atoms with E-state index in [4.69, 9.17) is 0 Å². The molecule has 4 nitrogen and oxygen atoms in total. The fourth-order valence-corrected chi connectivity index (χ4v) is 2.60. The van der Waals surface area contributed by atoms with E-state index in [1.165, 1.54) is 5.56 Å². The van der Waals surface area contributed by atoms with Crippen LogP contribution in [0.1, 0.15) is 34.5 Å². The van der Waals surface area contributed by atoms with Crippen molar-refractivity contribution in [3.8, 4) is 11.5 Å². The lowest BCUT2D eigenvalue weighted by atomic mass is 10.1. The van der Waals surface area contributed by atoms with Gasteiger partial charge in [0.05, 0.1) is 0 Å². The van der Waals surface area contributed by atoms with Crippen molar-refractivity contribution in [1.82, 2.24) is 20.3 Å². The fraction of sp³-hybridized carbons (Fsp3) is 0.471. The van der Waals surface area contributed by atoms with Gasteiger partial charge in [-0.15, -0.1) is 0 Å². The Labute approximate surface area is 127 Å². The van der Waals surface area contributed by atoms with Crippen LogP contribution in [0.5, 0.6) is 0 Å². The van der Waals surface area contributed by atoms with Crippen LogP contribution in [0.3, 0.4) is 0 Å². The number of hydrogen-bond donors (Lipinski definition) is 1. The topological polar surface area (TPSA) is 50.7 Å². The quantitative estimate of drug-likeness (QED) is 0.858. The minimum Gasteiger partial charge on any atom is -0.320 e. The average molecular weight is 284 g/mol. The summed E-state index contributed by atoms with van der Waals surface area (Å²) in [6, 6.07) is 2.12. The smallest absolute Gasteiger partial charge is 0.178 e. The van der Waals surface area contributed by atoms with E-state index >= 15 is 0 Å². The van der Waals surface area contributed by atoms with Crippen LogP contribution in [0.2, 0.25) is 0 Å². The zero-order chi connectivity index (χ0) is 15.4. The molecule has 2 heterocycles. The van der Waals surface area contributed by atoms with Crippen molar-refractivity contribution < 1.29 is 0 Å². The molecule has 4 heteroatoms. The van der Waals surface area contributed by atoms with Crippen LogP contribution in [0.15, 0.2) is 12.3 Å². The Balaban J connectivity index is 2.35. The molecule has 0 bridgehead atoms. The van der Waals surface area contributed by atoms with Crippen molar-refractivity contribution in [2.24, 2.45) is 0 Å². The van der Waals surface area contributed by atoms with Gasteiger partial charge in [0.1, 0.15) is 5.69 Å². The molecule has 2 aromatic rings. The van der Waals surface area contributed by atoms with Gasteiger partial charge in [0.2, 0.25) is 0 Å². The molecular formula is C17H24N4. The first-order valence-corrected chi connectivity index (χ1v) is 7.45. The maximum absolute atomic E-state index is 4.68. The van der Waals surface area contributed by atoms with Crippen LogP contribution in [0, 0.1) is 27.7 Å². The summed E-state index contributed by atoms with van der Waals surface area (Å²) in [5.41, 5.74) is 6.56. The molecule has 0 spiro atoms. The third kappa shape index (κ3) is 3.64. The lowest BCUT2D eigenvalue weighted by Gasteiger charge is -2.12. The van der Waals surface area contributed by atoms with Crippen LogP contribution in [0.4, 0.5) is 0 Å². The summed E-state index contributed by atoms with van der Waals surface area (Å²) in [6.07, 6.45) is 3.99. The second-order valence-electron chi connectivity index (χ2n) is 5.58. The number of aryl methyl sites for hydroxylation is 4. The summed E-state index contributed by atoms with van der Waals surface area (Å²) in [5.74, 6) is 0.736. The third-order valence-electron chi connectivity index (χ3n) is 3.70. The minimum absolute atomic E-state index is 0.736. The average Bonchev–Trinajstić information content (AvgIpc) is 2.41. The van der Waals surface area contributed by atoms with Crippen LogP contribution >= 0.6 is 0 Å². The van der Waals surface area contributed by atoms with Crippen molar-refractivity contribution >= 4 is 0 Å². The van der Waals surface area contributed by atoms with Gasteiger partial charge in [-0.2, -0.15) is 0 Å². The summed E-state index contributed by atoms with van der Waals surface area (Å²) in [4.78, 5) is 13.9. The second-order valence-corrected chi connectivity index (χ2v) is 5.58. The predicted molar refractivity (Wildman–Crippen MR) is 86.5 cm³/mol. The molecule has 0 unspecified atom stereocenters. The predicted octanol–water partition coefficient (Wildman–Crippen LogP) is 2.92. The second kappa shape index (κ2) is 6.76. The molecule has 21 heavy (non-hydrogen) atoms. The van der Waals surface area contributed by atoms with Crippen molar-refractivity contribution in [3.05, 3.63) is 40.3 Å². The van der Waals surface area contributed by atoms with Crippen LogP contribution in [-0.2, 0) is 6.42 Å². The number of nitrogens with one attached hydrogen (secondary N) is 1. The third-order valence-corrected chi connectivity index (χ3v) is 3.70. The van der Waals surface area contributed by atoms with E-state index in [1.807, 2.05) is 20.2 Å². The first-order valence-electron chi connectivity index (χ1n) is 7.45. The monoisotopic (exact) mass is 284 g/mol. The van der Waals surface area contributed by atoms with Gasteiger partial charge in [-0.1, -0.05) is 6.07 Å². The molecule has 2 aromatic heterocycles. The molecule has 0 aromatic carbocycles. The first-order chi connectivity index (χ1) is 10.0. The van der Waals surface area contributed by atoms with Crippen molar-refractivity contribution in [2.45, 2.75) is 40.5 Å². The zero-order valence-electron chi connectivity index (χ0n) is 13.6. The van der Waals surface area contributed by atoms with Crippen molar-refractivity contribution in [2.75, 3.05) is 13.6 Å². The summed E-state index contributed by atoms with van der Waals surface area (Å²) in [6.45, 7) is 9.25. The molecule has 0 saturated carbocycles. The molecule has 0 saturated heterocycles. The van der Waals surface area contributed by atoms with Crippen LogP contribution in [0.25, 0.3) is 11.5 Å². The highest BCUT2D eigenvalue weighted by Crippen LogP contribution is 2.21. The molecule has 1 N–H and O–H groups in total. The summed E-state index contributed by atoms with van der Waals surface area (Å²) in [7, 11) is 1.98. The minimum atomic E-state index is 0.736. The Bertz CT molecular complexity index is 612. The van der Waals surface area contributed by atoms with Crippen LogP contribution in [-0.4, -0.2) is 28.5 Å². The van der Waals surface area contributed by atoms with E-state index in [-0.39, 0.29) is 0 Å². The molecule has 112 valence electrons. The Morgan fingerprint density at radius 1 is 1.05 bits per heavy atom. The molecule has 0 radical (unpaired) electrons. The van der Waals surface area contributed by atoms with Crippen molar-refractivity contribution in [1.29, 1.82) is 0 Å². The lowest BCUT2D eigenvalue weighted by molar-refractivity contribution is 0.715. The SMILES string of the molecule is CNCCCc1c(C)nc(-c2ncc(C)cc2C)nc1C. The van der Waals surface area contributed by atoms with Crippen molar-refractivity contribution in [3.63, 3.8) is 0 Å². The Hall–Kier alpha value is -1.81. The summed E-state index contributed by atoms with van der Waals surface area (Å²) >= 11 is 0. The highest BCUT2D eigenvalue weighted by Gasteiger charge is 2.12. The van der Waals surface area contributed by atoms with Gasteiger partial charge in [-0.05, 0) is 70.8 Å². The standard InChI is InChI=1S/C17H24N4/c1-11-9-12(2)16(19-10-11)17-20-13(3)15(14(4)21-17)7-6-8-18-5/h9-10,18H,6-8H2,1-5H3. The molecule has 0 aliphatic carbocycles. The Kier molecular flexibility index (Phi) is 5.02. The number of nitrogens with zero attached hydrogens (tertiary/aromatic N) is 3.